The summed E-state index contributed by atoms with van der Waals surface area (Å²) in [5, 5.41) is 6.54. The maximum atomic E-state index is 13.2. The van der Waals surface area contributed by atoms with Crippen LogP contribution in [-0.4, -0.2) is 70.5 Å². The Balaban J connectivity index is 2.37. The quantitative estimate of drug-likeness (QED) is 0.336. The van der Waals surface area contributed by atoms with Crippen molar-refractivity contribution in [3.05, 3.63) is 30.1 Å². The lowest BCUT2D eigenvalue weighted by Gasteiger charge is -2.18. The summed E-state index contributed by atoms with van der Waals surface area (Å²) in [5.74, 6) is 0.971. The van der Waals surface area contributed by atoms with E-state index in [1.807, 2.05) is 13.8 Å². The molecule has 148 valence electrons. The zero-order valence-corrected chi connectivity index (χ0v) is 16.4. The fourth-order valence-electron chi connectivity index (χ4n) is 2.33. The van der Waals surface area contributed by atoms with Crippen LogP contribution in [0.4, 0.5) is 4.39 Å². The van der Waals surface area contributed by atoms with Gasteiger partial charge in [-0.15, -0.1) is 0 Å². The van der Waals surface area contributed by atoms with Gasteiger partial charge in [-0.25, -0.2) is 9.38 Å². The van der Waals surface area contributed by atoms with E-state index in [-0.39, 0.29) is 11.9 Å². The number of nitrogens with zero attached hydrogens (tertiary/aromatic N) is 2. The van der Waals surface area contributed by atoms with Gasteiger partial charge < -0.3 is 25.0 Å². The first-order valence-corrected chi connectivity index (χ1v) is 9.17. The number of rotatable bonds is 12. The molecule has 1 aromatic rings. The van der Waals surface area contributed by atoms with Gasteiger partial charge in [0.2, 0.25) is 0 Å². The van der Waals surface area contributed by atoms with Crippen molar-refractivity contribution in [2.75, 3.05) is 53.5 Å². The SMILES string of the molecule is CCNC(=NCC(C)Oc1cccc(F)c1)NCCN(C)CCCOC. The number of hydrogen-bond donors (Lipinski definition) is 2. The van der Waals surface area contributed by atoms with Crippen molar-refractivity contribution in [1.82, 2.24) is 15.5 Å². The van der Waals surface area contributed by atoms with Gasteiger partial charge in [0.15, 0.2) is 5.96 Å². The van der Waals surface area contributed by atoms with E-state index in [9.17, 15) is 4.39 Å². The van der Waals surface area contributed by atoms with Crippen LogP contribution in [-0.2, 0) is 4.74 Å². The zero-order chi connectivity index (χ0) is 19.2. The Hall–Kier alpha value is -1.86. The first kappa shape index (κ1) is 22.2. The van der Waals surface area contributed by atoms with E-state index in [1.54, 1.807) is 19.2 Å². The van der Waals surface area contributed by atoms with Crippen molar-refractivity contribution >= 4 is 5.96 Å². The lowest BCUT2D eigenvalue weighted by atomic mass is 10.3. The lowest BCUT2D eigenvalue weighted by molar-refractivity contribution is 0.180. The molecule has 0 fully saturated rings. The predicted molar refractivity (Wildman–Crippen MR) is 104 cm³/mol. The van der Waals surface area contributed by atoms with Gasteiger partial charge in [0.25, 0.3) is 0 Å². The highest BCUT2D eigenvalue weighted by atomic mass is 19.1. The highest BCUT2D eigenvalue weighted by Crippen LogP contribution is 2.13. The molecule has 0 aromatic heterocycles. The second-order valence-corrected chi connectivity index (χ2v) is 6.18. The molecule has 0 heterocycles. The molecule has 26 heavy (non-hydrogen) atoms. The monoisotopic (exact) mass is 368 g/mol. The third-order valence-corrected chi connectivity index (χ3v) is 3.66. The molecule has 2 N–H and O–H groups in total. The molecule has 0 saturated carbocycles. The van der Waals surface area contributed by atoms with Crippen LogP contribution in [0.25, 0.3) is 0 Å². The van der Waals surface area contributed by atoms with Crippen molar-refractivity contribution in [2.24, 2.45) is 4.99 Å². The third-order valence-electron chi connectivity index (χ3n) is 3.66. The first-order chi connectivity index (χ1) is 12.5. The fraction of sp³-hybridized carbons (Fsp3) is 0.632. The summed E-state index contributed by atoms with van der Waals surface area (Å²) in [7, 11) is 3.82. The minimum atomic E-state index is -0.303. The molecule has 0 radical (unpaired) electrons. The summed E-state index contributed by atoms with van der Waals surface area (Å²) >= 11 is 0. The smallest absolute Gasteiger partial charge is 0.191 e. The van der Waals surface area contributed by atoms with Crippen LogP contribution in [0.3, 0.4) is 0 Å². The lowest BCUT2D eigenvalue weighted by Crippen LogP contribution is -2.41. The van der Waals surface area contributed by atoms with Gasteiger partial charge in [0, 0.05) is 46.0 Å². The molecule has 0 amide bonds. The Morgan fingerprint density at radius 2 is 2.12 bits per heavy atom. The second-order valence-electron chi connectivity index (χ2n) is 6.18. The van der Waals surface area contributed by atoms with Gasteiger partial charge in [-0.1, -0.05) is 6.07 Å². The van der Waals surface area contributed by atoms with E-state index < -0.39 is 0 Å². The molecule has 0 aliphatic carbocycles. The highest BCUT2D eigenvalue weighted by Gasteiger charge is 2.06. The maximum Gasteiger partial charge on any atom is 0.191 e. The summed E-state index contributed by atoms with van der Waals surface area (Å²) in [4.78, 5) is 6.80. The van der Waals surface area contributed by atoms with Gasteiger partial charge in [-0.05, 0) is 39.4 Å². The second kappa shape index (κ2) is 13.4. The van der Waals surface area contributed by atoms with Crippen LogP contribution < -0.4 is 15.4 Å². The number of aliphatic imine (C=N–C) groups is 1. The summed E-state index contributed by atoms with van der Waals surface area (Å²) < 4.78 is 24.0. The van der Waals surface area contributed by atoms with E-state index in [1.165, 1.54) is 12.1 Å². The average molecular weight is 368 g/mol. The summed E-state index contributed by atoms with van der Waals surface area (Å²) in [6.45, 7) is 8.72. The number of likely N-dealkylation sites (N-methyl/N-ethyl adjacent to an activating group) is 1. The van der Waals surface area contributed by atoms with Crippen LogP contribution in [0.15, 0.2) is 29.3 Å². The summed E-state index contributed by atoms with van der Waals surface area (Å²) in [5.41, 5.74) is 0. The van der Waals surface area contributed by atoms with Gasteiger partial charge in [0.1, 0.15) is 17.7 Å². The standard InChI is InChI=1S/C19H33FN4O2/c1-5-21-19(22-10-12-24(3)11-7-13-25-4)23-15-16(2)26-18-9-6-8-17(20)14-18/h6,8-9,14,16H,5,7,10-13,15H2,1-4H3,(H2,21,22,23). The van der Waals surface area contributed by atoms with Gasteiger partial charge in [-0.2, -0.15) is 0 Å². The number of methoxy groups -OCH3 is 1. The average Bonchev–Trinajstić information content (AvgIpc) is 2.60. The minimum absolute atomic E-state index is 0.149. The molecule has 0 aliphatic heterocycles. The van der Waals surface area contributed by atoms with Gasteiger partial charge in [-0.3, -0.25) is 0 Å². The summed E-state index contributed by atoms with van der Waals surface area (Å²) in [6, 6.07) is 6.15. The fourth-order valence-corrected chi connectivity index (χ4v) is 2.33. The Morgan fingerprint density at radius 3 is 2.81 bits per heavy atom. The molecule has 0 spiro atoms. The molecule has 0 bridgehead atoms. The zero-order valence-electron chi connectivity index (χ0n) is 16.4. The normalized spacial score (nSPS) is 12.9. The Labute approximate surface area is 156 Å². The number of ether oxygens (including phenoxy) is 2. The van der Waals surface area contributed by atoms with E-state index in [0.717, 1.165) is 45.2 Å². The van der Waals surface area contributed by atoms with Crippen molar-refractivity contribution in [1.29, 1.82) is 0 Å². The predicted octanol–water partition coefficient (Wildman–Crippen LogP) is 2.12. The number of nitrogens with one attached hydrogen (secondary N) is 2. The number of halogens is 1. The first-order valence-electron chi connectivity index (χ1n) is 9.17. The molecule has 1 aromatic carbocycles. The molecular weight excluding hydrogens is 335 g/mol. The van der Waals surface area contributed by atoms with E-state index in [0.29, 0.717) is 12.3 Å². The number of benzene rings is 1. The minimum Gasteiger partial charge on any atom is -0.489 e. The maximum absolute atomic E-state index is 13.2. The van der Waals surface area contributed by atoms with Crippen molar-refractivity contribution in [2.45, 2.75) is 26.4 Å². The van der Waals surface area contributed by atoms with Crippen LogP contribution in [0.5, 0.6) is 5.75 Å². The van der Waals surface area contributed by atoms with Crippen LogP contribution in [0, 0.1) is 5.82 Å². The molecule has 0 saturated heterocycles. The molecular formula is C19H33FN4O2. The molecule has 7 heteroatoms. The molecule has 1 unspecified atom stereocenters. The summed E-state index contributed by atoms with van der Waals surface area (Å²) in [6.07, 6.45) is 0.875. The van der Waals surface area contributed by atoms with Crippen molar-refractivity contribution in [3.63, 3.8) is 0 Å². The Kier molecular flexibility index (Phi) is 11.4. The van der Waals surface area contributed by atoms with E-state index in [4.69, 9.17) is 9.47 Å². The van der Waals surface area contributed by atoms with E-state index in [2.05, 4.69) is 27.6 Å². The Morgan fingerprint density at radius 1 is 1.31 bits per heavy atom. The third kappa shape index (κ3) is 10.2. The van der Waals surface area contributed by atoms with Gasteiger partial charge in [0.05, 0.1) is 6.54 Å². The van der Waals surface area contributed by atoms with Crippen LogP contribution in [0.1, 0.15) is 20.3 Å². The molecule has 6 nitrogen and oxygen atoms in total. The molecule has 1 rings (SSSR count). The van der Waals surface area contributed by atoms with Crippen molar-refractivity contribution < 1.29 is 13.9 Å². The van der Waals surface area contributed by atoms with Crippen molar-refractivity contribution in [3.8, 4) is 5.75 Å². The van der Waals surface area contributed by atoms with Gasteiger partial charge >= 0.3 is 0 Å². The Bertz CT molecular complexity index is 528. The van der Waals surface area contributed by atoms with Crippen LogP contribution >= 0.6 is 0 Å². The van der Waals surface area contributed by atoms with Crippen LogP contribution in [0.2, 0.25) is 0 Å². The topological polar surface area (TPSA) is 58.1 Å². The number of hydrogen-bond acceptors (Lipinski definition) is 4. The van der Waals surface area contributed by atoms with E-state index >= 15 is 0 Å². The molecule has 0 aliphatic rings. The largest absolute Gasteiger partial charge is 0.489 e. The molecule has 1 atom stereocenters. The highest BCUT2D eigenvalue weighted by molar-refractivity contribution is 5.79. The number of guanidine groups is 1.